The van der Waals surface area contributed by atoms with Gasteiger partial charge in [-0.25, -0.2) is 9.50 Å². The van der Waals surface area contributed by atoms with Crippen molar-refractivity contribution in [3.8, 4) is 17.0 Å². The van der Waals surface area contributed by atoms with E-state index < -0.39 is 17.8 Å². The molecule has 186 valence electrons. The summed E-state index contributed by atoms with van der Waals surface area (Å²) in [4.78, 5) is 23.7. The number of aromatic nitrogens is 4. The van der Waals surface area contributed by atoms with E-state index in [0.29, 0.717) is 28.8 Å². The molecular weight excluding hydrogens is 495 g/mol. The number of piperidine rings is 1. The van der Waals surface area contributed by atoms with Gasteiger partial charge in [-0.05, 0) is 49.1 Å². The van der Waals surface area contributed by atoms with E-state index in [2.05, 4.69) is 15.1 Å². The van der Waals surface area contributed by atoms with Crippen LogP contribution in [0.5, 0.6) is 5.75 Å². The van der Waals surface area contributed by atoms with Crippen LogP contribution in [-0.2, 0) is 6.18 Å². The summed E-state index contributed by atoms with van der Waals surface area (Å²) in [5.41, 5.74) is -0.437. The number of amides is 1. The number of likely N-dealkylation sites (tertiary alicyclic amines) is 1. The van der Waals surface area contributed by atoms with Crippen molar-refractivity contribution in [1.82, 2.24) is 24.5 Å². The lowest BCUT2D eigenvalue weighted by molar-refractivity contribution is -0.142. The van der Waals surface area contributed by atoms with Crippen molar-refractivity contribution in [2.24, 2.45) is 0 Å². The Morgan fingerprint density at radius 1 is 1.17 bits per heavy atom. The monoisotopic (exact) mass is 515 g/mol. The highest BCUT2D eigenvalue weighted by Gasteiger charge is 2.38. The first-order valence-corrected chi connectivity index (χ1v) is 11.7. The third-order valence-corrected chi connectivity index (χ3v) is 6.59. The molecule has 0 N–H and O–H groups in total. The number of para-hydroxylation sites is 1. The molecule has 0 aliphatic carbocycles. The summed E-state index contributed by atoms with van der Waals surface area (Å²) in [7, 11) is 1.42. The zero-order chi connectivity index (χ0) is 25.4. The number of benzene rings is 1. The van der Waals surface area contributed by atoms with Gasteiger partial charge in [-0.2, -0.15) is 18.3 Å². The summed E-state index contributed by atoms with van der Waals surface area (Å²) in [6, 6.07) is 10.8. The largest absolute Gasteiger partial charge is 0.496 e. The van der Waals surface area contributed by atoms with Gasteiger partial charge < -0.3 is 9.64 Å². The van der Waals surface area contributed by atoms with Crippen LogP contribution in [-0.4, -0.2) is 44.0 Å². The number of alkyl halides is 3. The first kappa shape index (κ1) is 24.1. The number of carbonyl (C=O) groups excluding carboxylic acids is 1. The maximum absolute atomic E-state index is 14.1. The van der Waals surface area contributed by atoms with Crippen molar-refractivity contribution in [1.29, 1.82) is 0 Å². The Bertz CT molecular complexity index is 1420. The molecule has 5 rings (SSSR count). The number of pyridine rings is 1. The van der Waals surface area contributed by atoms with Gasteiger partial charge in [-0.1, -0.05) is 29.8 Å². The zero-order valence-corrected chi connectivity index (χ0v) is 19.9. The summed E-state index contributed by atoms with van der Waals surface area (Å²) in [6.45, 7) is 0.425. The van der Waals surface area contributed by atoms with Gasteiger partial charge in [0.15, 0.2) is 17.0 Å². The highest BCUT2D eigenvalue weighted by Crippen LogP contribution is 2.38. The van der Waals surface area contributed by atoms with Crippen LogP contribution >= 0.6 is 11.6 Å². The van der Waals surface area contributed by atoms with Crippen LogP contribution in [0, 0.1) is 0 Å². The molecule has 36 heavy (non-hydrogen) atoms. The summed E-state index contributed by atoms with van der Waals surface area (Å²) in [6.07, 6.45) is 0.913. The predicted molar refractivity (Wildman–Crippen MR) is 127 cm³/mol. The SMILES string of the molecule is COc1ccccc1-c1cc(C(F)(F)F)n2nc(C(=O)N3CCCC[C@H]3c3cccnc3)c(Cl)c2n1. The van der Waals surface area contributed by atoms with Crippen molar-refractivity contribution < 1.29 is 22.7 Å². The lowest BCUT2D eigenvalue weighted by Gasteiger charge is -2.35. The molecule has 1 atom stereocenters. The Balaban J connectivity index is 1.64. The second-order valence-electron chi connectivity index (χ2n) is 8.42. The number of ether oxygens (including phenoxy) is 1. The van der Waals surface area contributed by atoms with Crippen molar-refractivity contribution in [2.45, 2.75) is 31.5 Å². The Morgan fingerprint density at radius 2 is 1.97 bits per heavy atom. The summed E-state index contributed by atoms with van der Waals surface area (Å²) < 4.78 is 48.2. The first-order chi connectivity index (χ1) is 17.3. The van der Waals surface area contributed by atoms with Gasteiger partial charge in [0.25, 0.3) is 5.91 Å². The van der Waals surface area contributed by atoms with Crippen molar-refractivity contribution in [3.05, 3.63) is 76.8 Å². The number of carbonyl (C=O) groups is 1. The molecule has 3 aromatic heterocycles. The van der Waals surface area contributed by atoms with Crippen LogP contribution in [0.25, 0.3) is 16.9 Å². The lowest BCUT2D eigenvalue weighted by atomic mass is 9.96. The topological polar surface area (TPSA) is 72.6 Å². The van der Waals surface area contributed by atoms with Crippen LogP contribution in [0.3, 0.4) is 0 Å². The second kappa shape index (κ2) is 9.42. The van der Waals surface area contributed by atoms with Crippen LogP contribution < -0.4 is 4.74 Å². The number of methoxy groups -OCH3 is 1. The van der Waals surface area contributed by atoms with Gasteiger partial charge in [-0.15, -0.1) is 0 Å². The molecule has 1 saturated heterocycles. The highest BCUT2D eigenvalue weighted by atomic mass is 35.5. The van der Waals surface area contributed by atoms with Gasteiger partial charge in [-0.3, -0.25) is 9.78 Å². The molecule has 1 amide bonds. The molecule has 1 aliphatic rings. The van der Waals surface area contributed by atoms with Gasteiger partial charge in [0.2, 0.25) is 0 Å². The average molecular weight is 516 g/mol. The van der Waals surface area contributed by atoms with Gasteiger partial charge in [0, 0.05) is 24.5 Å². The standard InChI is InChI=1S/C25H21ClF3N5O2/c1-36-19-10-3-2-8-16(19)17-13-20(25(27,28)29)34-23(31-17)21(26)22(32-34)24(35)33-12-5-4-9-18(33)15-7-6-11-30-14-15/h2-3,6-8,10-11,13-14,18H,4-5,9,12H2,1H3/t18-/m0/s1. The van der Waals surface area contributed by atoms with E-state index in [1.165, 1.54) is 7.11 Å². The number of nitrogens with zero attached hydrogens (tertiary/aromatic N) is 5. The van der Waals surface area contributed by atoms with Crippen LogP contribution in [0.1, 0.15) is 47.1 Å². The average Bonchev–Trinajstić information content (AvgIpc) is 3.23. The number of halogens is 4. The fourth-order valence-electron chi connectivity index (χ4n) is 4.55. The fraction of sp³-hybridized carbons (Fsp3) is 0.280. The minimum Gasteiger partial charge on any atom is -0.496 e. The van der Waals surface area contributed by atoms with Crippen LogP contribution in [0.15, 0.2) is 54.9 Å². The van der Waals surface area contributed by atoms with Crippen LogP contribution in [0.4, 0.5) is 13.2 Å². The van der Waals surface area contributed by atoms with E-state index in [0.717, 1.165) is 24.5 Å². The molecule has 11 heteroatoms. The van der Waals surface area contributed by atoms with E-state index in [1.807, 2.05) is 6.07 Å². The third-order valence-electron chi connectivity index (χ3n) is 6.24. The highest BCUT2D eigenvalue weighted by molar-refractivity contribution is 6.36. The Kier molecular flexibility index (Phi) is 6.29. The smallest absolute Gasteiger partial charge is 0.433 e. The normalized spacial score (nSPS) is 16.4. The van der Waals surface area contributed by atoms with Crippen LogP contribution in [0.2, 0.25) is 5.02 Å². The molecule has 0 saturated carbocycles. The van der Waals surface area contributed by atoms with Crippen molar-refractivity contribution in [2.75, 3.05) is 13.7 Å². The maximum Gasteiger partial charge on any atom is 0.433 e. The molecular formula is C25H21ClF3N5O2. The molecule has 0 unspecified atom stereocenters. The second-order valence-corrected chi connectivity index (χ2v) is 8.80. The van der Waals surface area contributed by atoms with E-state index >= 15 is 0 Å². The molecule has 7 nitrogen and oxygen atoms in total. The number of rotatable bonds is 4. The maximum atomic E-state index is 14.1. The molecule has 0 radical (unpaired) electrons. The summed E-state index contributed by atoms with van der Waals surface area (Å²) in [5, 5.41) is 3.79. The first-order valence-electron chi connectivity index (χ1n) is 11.3. The van der Waals surface area contributed by atoms with Gasteiger partial charge >= 0.3 is 6.18 Å². The molecule has 0 bridgehead atoms. The Morgan fingerprint density at radius 3 is 2.69 bits per heavy atom. The van der Waals surface area contributed by atoms with Gasteiger partial charge in [0.1, 0.15) is 10.8 Å². The minimum absolute atomic E-state index is 0.000664. The fourth-order valence-corrected chi connectivity index (χ4v) is 4.80. The predicted octanol–water partition coefficient (Wildman–Crippen LogP) is 5.84. The number of hydrogen-bond donors (Lipinski definition) is 0. The molecule has 4 heterocycles. The molecule has 1 fully saturated rings. The van der Waals surface area contributed by atoms with Crippen molar-refractivity contribution in [3.63, 3.8) is 0 Å². The Hall–Kier alpha value is -3.66. The molecule has 1 aromatic carbocycles. The number of fused-ring (bicyclic) bond motifs is 1. The third kappa shape index (κ3) is 4.26. The van der Waals surface area contributed by atoms with E-state index in [4.69, 9.17) is 16.3 Å². The summed E-state index contributed by atoms with van der Waals surface area (Å²) >= 11 is 6.52. The van der Waals surface area contributed by atoms with E-state index in [-0.39, 0.29) is 28.1 Å². The molecule has 0 spiro atoms. The number of hydrogen-bond acceptors (Lipinski definition) is 5. The molecule has 4 aromatic rings. The van der Waals surface area contributed by atoms with E-state index in [1.54, 1.807) is 47.6 Å². The zero-order valence-electron chi connectivity index (χ0n) is 19.2. The van der Waals surface area contributed by atoms with E-state index in [9.17, 15) is 18.0 Å². The Labute approximate surface area is 209 Å². The lowest BCUT2D eigenvalue weighted by Crippen LogP contribution is -2.39. The summed E-state index contributed by atoms with van der Waals surface area (Å²) in [5.74, 6) is -0.201. The van der Waals surface area contributed by atoms with Gasteiger partial charge in [0.05, 0.1) is 18.8 Å². The van der Waals surface area contributed by atoms with Crippen molar-refractivity contribution >= 4 is 23.2 Å². The minimum atomic E-state index is -4.78. The quantitative estimate of drug-likeness (QED) is 0.341. The molecule has 1 aliphatic heterocycles.